The molecule has 2 amide bonds. The highest BCUT2D eigenvalue weighted by Crippen LogP contribution is 2.22. The van der Waals surface area contributed by atoms with Crippen molar-refractivity contribution in [3.05, 3.63) is 51.7 Å². The van der Waals surface area contributed by atoms with E-state index in [0.29, 0.717) is 4.88 Å². The molecule has 110 valence electrons. The largest absolute Gasteiger partial charge is 0.279 e. The second kappa shape index (κ2) is 7.28. The molecule has 0 atom stereocenters. The Morgan fingerprint density at radius 2 is 2.00 bits per heavy atom. The highest BCUT2D eigenvalue weighted by Gasteiger charge is 2.09. The van der Waals surface area contributed by atoms with Crippen molar-refractivity contribution in [3.63, 3.8) is 0 Å². The molecular formula is C15H16N2O2S2. The number of nitrogens with one attached hydrogen (secondary N) is 2. The number of thiophene rings is 1. The van der Waals surface area contributed by atoms with Gasteiger partial charge in [-0.05, 0) is 36.9 Å². The van der Waals surface area contributed by atoms with E-state index in [1.54, 1.807) is 12.1 Å². The first-order valence-electron chi connectivity index (χ1n) is 6.39. The SMILES string of the molecule is Cc1ccc(SCC(=O)NNC(=O)c2cccs2)c(C)c1. The molecule has 0 saturated carbocycles. The monoisotopic (exact) mass is 320 g/mol. The zero-order valence-electron chi connectivity index (χ0n) is 11.8. The molecule has 0 saturated heterocycles. The fraction of sp³-hybridized carbons (Fsp3) is 0.200. The number of hydrogen-bond acceptors (Lipinski definition) is 4. The fourth-order valence-corrected chi connectivity index (χ4v) is 3.17. The highest BCUT2D eigenvalue weighted by molar-refractivity contribution is 8.00. The molecule has 0 unspecified atom stereocenters. The average Bonchev–Trinajstić information content (AvgIpc) is 2.98. The van der Waals surface area contributed by atoms with Crippen LogP contribution in [-0.2, 0) is 4.79 Å². The van der Waals surface area contributed by atoms with Gasteiger partial charge in [0.1, 0.15) is 0 Å². The van der Waals surface area contributed by atoms with Gasteiger partial charge in [-0.3, -0.25) is 20.4 Å². The van der Waals surface area contributed by atoms with Gasteiger partial charge in [0, 0.05) is 4.90 Å². The third kappa shape index (κ3) is 4.61. The van der Waals surface area contributed by atoms with Gasteiger partial charge in [-0.1, -0.05) is 23.8 Å². The quantitative estimate of drug-likeness (QED) is 0.673. The first-order chi connectivity index (χ1) is 10.1. The van der Waals surface area contributed by atoms with E-state index in [1.807, 2.05) is 31.4 Å². The standard InChI is InChI=1S/C15H16N2O2S2/c1-10-5-6-12(11(2)8-10)21-9-14(18)16-17-15(19)13-4-3-7-20-13/h3-8H,9H2,1-2H3,(H,16,18)(H,17,19). The summed E-state index contributed by atoms with van der Waals surface area (Å²) in [6, 6.07) is 9.60. The van der Waals surface area contributed by atoms with Crippen LogP contribution < -0.4 is 10.9 Å². The topological polar surface area (TPSA) is 58.2 Å². The number of carbonyl (C=O) groups excluding carboxylic acids is 2. The van der Waals surface area contributed by atoms with Crippen molar-refractivity contribution in [2.45, 2.75) is 18.7 Å². The predicted octanol–water partition coefficient (Wildman–Crippen LogP) is 2.92. The number of carbonyl (C=O) groups is 2. The van der Waals surface area contributed by atoms with E-state index in [9.17, 15) is 9.59 Å². The number of rotatable bonds is 4. The zero-order chi connectivity index (χ0) is 15.2. The number of thioether (sulfide) groups is 1. The molecule has 1 aromatic heterocycles. The smallest absolute Gasteiger partial charge is 0.272 e. The van der Waals surface area contributed by atoms with Crippen LogP contribution in [0.25, 0.3) is 0 Å². The van der Waals surface area contributed by atoms with E-state index in [2.05, 4.69) is 16.9 Å². The molecule has 0 radical (unpaired) electrons. The molecular weight excluding hydrogens is 304 g/mol. The maximum absolute atomic E-state index is 11.7. The third-order valence-corrected chi connectivity index (χ3v) is 4.79. The van der Waals surface area contributed by atoms with Gasteiger partial charge in [0.25, 0.3) is 5.91 Å². The highest BCUT2D eigenvalue weighted by atomic mass is 32.2. The Morgan fingerprint density at radius 1 is 1.19 bits per heavy atom. The summed E-state index contributed by atoms with van der Waals surface area (Å²) in [5, 5.41) is 1.81. The van der Waals surface area contributed by atoms with E-state index in [1.165, 1.54) is 28.7 Å². The molecule has 0 aliphatic heterocycles. The Bertz CT molecular complexity index is 639. The predicted molar refractivity (Wildman–Crippen MR) is 86.6 cm³/mol. The summed E-state index contributed by atoms with van der Waals surface area (Å²) in [6.45, 7) is 4.06. The summed E-state index contributed by atoms with van der Waals surface area (Å²) >= 11 is 2.78. The lowest BCUT2D eigenvalue weighted by Crippen LogP contribution is -2.42. The van der Waals surface area contributed by atoms with E-state index in [-0.39, 0.29) is 17.6 Å². The minimum absolute atomic E-state index is 0.232. The summed E-state index contributed by atoms with van der Waals surface area (Å²) in [7, 11) is 0. The van der Waals surface area contributed by atoms with Crippen LogP contribution in [0.15, 0.2) is 40.6 Å². The van der Waals surface area contributed by atoms with Crippen LogP contribution in [0.1, 0.15) is 20.8 Å². The first-order valence-corrected chi connectivity index (χ1v) is 8.25. The van der Waals surface area contributed by atoms with Gasteiger partial charge in [0.15, 0.2) is 0 Å². The molecule has 21 heavy (non-hydrogen) atoms. The van der Waals surface area contributed by atoms with Crippen molar-refractivity contribution >= 4 is 34.9 Å². The van der Waals surface area contributed by atoms with Crippen LogP contribution in [0.3, 0.4) is 0 Å². The van der Waals surface area contributed by atoms with Gasteiger partial charge in [-0.25, -0.2) is 0 Å². The Hall–Kier alpha value is -1.79. The van der Waals surface area contributed by atoms with Gasteiger partial charge in [0.2, 0.25) is 5.91 Å². The Balaban J connectivity index is 1.78. The number of hydrogen-bond donors (Lipinski definition) is 2. The molecule has 2 rings (SSSR count). The third-order valence-electron chi connectivity index (χ3n) is 2.75. The minimum atomic E-state index is -0.296. The number of hydrazine groups is 1. The lowest BCUT2D eigenvalue weighted by Gasteiger charge is -2.08. The van der Waals surface area contributed by atoms with Crippen molar-refractivity contribution in [1.82, 2.24) is 10.9 Å². The number of benzene rings is 1. The van der Waals surface area contributed by atoms with Crippen molar-refractivity contribution in [1.29, 1.82) is 0 Å². The lowest BCUT2D eigenvalue weighted by molar-refractivity contribution is -0.119. The summed E-state index contributed by atoms with van der Waals surface area (Å²) < 4.78 is 0. The van der Waals surface area contributed by atoms with E-state index < -0.39 is 0 Å². The normalized spacial score (nSPS) is 10.2. The summed E-state index contributed by atoms with van der Waals surface area (Å²) in [5.41, 5.74) is 7.17. The molecule has 4 nitrogen and oxygen atoms in total. The molecule has 0 bridgehead atoms. The second-order valence-electron chi connectivity index (χ2n) is 4.54. The van der Waals surface area contributed by atoms with Crippen LogP contribution in [0.5, 0.6) is 0 Å². The van der Waals surface area contributed by atoms with E-state index in [0.717, 1.165) is 10.5 Å². The molecule has 0 spiro atoms. The zero-order valence-corrected chi connectivity index (χ0v) is 13.4. The molecule has 2 aromatic rings. The summed E-state index contributed by atoms with van der Waals surface area (Å²) in [6.07, 6.45) is 0. The molecule has 0 fully saturated rings. The summed E-state index contributed by atoms with van der Waals surface area (Å²) in [4.78, 5) is 25.0. The number of aryl methyl sites for hydroxylation is 2. The average molecular weight is 320 g/mol. The molecule has 1 aromatic carbocycles. The van der Waals surface area contributed by atoms with Crippen LogP contribution in [0, 0.1) is 13.8 Å². The van der Waals surface area contributed by atoms with E-state index >= 15 is 0 Å². The fourth-order valence-electron chi connectivity index (χ4n) is 1.74. The first kappa shape index (κ1) is 15.6. The Kier molecular flexibility index (Phi) is 5.41. The number of amides is 2. The Labute approximate surface area is 131 Å². The van der Waals surface area contributed by atoms with Gasteiger partial charge in [0.05, 0.1) is 10.6 Å². The molecule has 0 aliphatic rings. The van der Waals surface area contributed by atoms with Crippen molar-refractivity contribution in [2.24, 2.45) is 0 Å². The molecule has 2 N–H and O–H groups in total. The van der Waals surface area contributed by atoms with Gasteiger partial charge in [-0.15, -0.1) is 23.1 Å². The van der Waals surface area contributed by atoms with Gasteiger partial charge in [-0.2, -0.15) is 0 Å². The lowest BCUT2D eigenvalue weighted by atomic mass is 10.2. The van der Waals surface area contributed by atoms with Gasteiger partial charge < -0.3 is 0 Å². The van der Waals surface area contributed by atoms with E-state index in [4.69, 9.17) is 0 Å². The van der Waals surface area contributed by atoms with Gasteiger partial charge >= 0.3 is 0 Å². The van der Waals surface area contributed by atoms with Crippen molar-refractivity contribution in [3.8, 4) is 0 Å². The van der Waals surface area contributed by atoms with Crippen LogP contribution >= 0.6 is 23.1 Å². The van der Waals surface area contributed by atoms with Crippen LogP contribution in [-0.4, -0.2) is 17.6 Å². The van der Waals surface area contributed by atoms with Crippen LogP contribution in [0.4, 0.5) is 0 Å². The Morgan fingerprint density at radius 3 is 2.67 bits per heavy atom. The van der Waals surface area contributed by atoms with Crippen molar-refractivity contribution < 1.29 is 9.59 Å². The van der Waals surface area contributed by atoms with Crippen molar-refractivity contribution in [2.75, 3.05) is 5.75 Å². The second-order valence-corrected chi connectivity index (χ2v) is 6.50. The maximum Gasteiger partial charge on any atom is 0.279 e. The minimum Gasteiger partial charge on any atom is -0.272 e. The maximum atomic E-state index is 11.7. The van der Waals surface area contributed by atoms with Crippen LogP contribution in [0.2, 0.25) is 0 Å². The molecule has 6 heteroatoms. The molecule has 1 heterocycles. The molecule has 0 aliphatic carbocycles. The summed E-state index contributed by atoms with van der Waals surface area (Å²) in [5.74, 6) is -0.269.